The second kappa shape index (κ2) is 9.76. The summed E-state index contributed by atoms with van der Waals surface area (Å²) in [5, 5.41) is 3.05. The number of hydrogen-bond donors (Lipinski definition) is 1. The van der Waals surface area contributed by atoms with Gasteiger partial charge in [-0.25, -0.2) is 8.42 Å². The third-order valence-corrected chi connectivity index (χ3v) is 7.34. The summed E-state index contributed by atoms with van der Waals surface area (Å²) < 4.78 is 43.1. The van der Waals surface area contributed by atoms with E-state index in [0.717, 1.165) is 0 Å². The lowest BCUT2D eigenvalue weighted by Gasteiger charge is -2.31. The number of ether oxygens (including phenoxy) is 3. The molecule has 1 saturated heterocycles. The second-order valence-electron chi connectivity index (χ2n) is 7.05. The fraction of sp³-hybridized carbons (Fsp3) is 0.381. The van der Waals surface area contributed by atoms with Gasteiger partial charge in [-0.3, -0.25) is 4.79 Å². The van der Waals surface area contributed by atoms with Crippen molar-refractivity contribution in [3.63, 3.8) is 0 Å². The molecule has 0 spiro atoms. The monoisotopic (exact) mass is 468 g/mol. The molecule has 1 aliphatic heterocycles. The zero-order valence-electron chi connectivity index (χ0n) is 17.6. The average molecular weight is 469 g/mol. The van der Waals surface area contributed by atoms with Gasteiger partial charge in [0.2, 0.25) is 15.9 Å². The van der Waals surface area contributed by atoms with Crippen LogP contribution in [-0.4, -0.2) is 53.0 Å². The quantitative estimate of drug-likeness (QED) is 0.669. The van der Waals surface area contributed by atoms with E-state index in [1.165, 1.54) is 43.8 Å². The first-order valence-electron chi connectivity index (χ1n) is 9.66. The van der Waals surface area contributed by atoms with Gasteiger partial charge in [-0.2, -0.15) is 4.31 Å². The number of rotatable bonds is 7. The molecule has 2 aromatic rings. The Bertz CT molecular complexity index is 1060. The number of benzene rings is 2. The van der Waals surface area contributed by atoms with E-state index in [0.29, 0.717) is 42.3 Å². The number of carbonyl (C=O) groups excluding carboxylic acids is 1. The summed E-state index contributed by atoms with van der Waals surface area (Å²) in [7, 11) is 0.692. The molecule has 8 nitrogen and oxygen atoms in total. The summed E-state index contributed by atoms with van der Waals surface area (Å²) in [6.07, 6.45) is 1.14. The van der Waals surface area contributed by atoms with Crippen LogP contribution < -0.4 is 19.5 Å². The number of nitrogens with one attached hydrogen (secondary N) is 1. The van der Waals surface area contributed by atoms with Crippen molar-refractivity contribution in [2.45, 2.75) is 17.7 Å². The molecular formula is C21H25ClN2O6S. The molecule has 168 valence electrons. The van der Waals surface area contributed by atoms with E-state index >= 15 is 0 Å². The van der Waals surface area contributed by atoms with Crippen molar-refractivity contribution in [2.24, 2.45) is 5.92 Å². The van der Waals surface area contributed by atoms with Crippen LogP contribution in [0.5, 0.6) is 17.2 Å². The topological polar surface area (TPSA) is 94.2 Å². The molecule has 10 heteroatoms. The predicted molar refractivity (Wildman–Crippen MR) is 118 cm³/mol. The smallest absolute Gasteiger partial charge is 0.243 e. The highest BCUT2D eigenvalue weighted by Crippen LogP contribution is 2.32. The highest BCUT2D eigenvalue weighted by molar-refractivity contribution is 7.89. The van der Waals surface area contributed by atoms with E-state index < -0.39 is 15.9 Å². The van der Waals surface area contributed by atoms with Crippen LogP contribution in [0.25, 0.3) is 0 Å². The summed E-state index contributed by atoms with van der Waals surface area (Å²) in [5.41, 5.74) is 0.466. The fourth-order valence-corrected chi connectivity index (χ4v) is 5.35. The maximum atomic E-state index is 13.1. The Labute approximate surface area is 187 Å². The van der Waals surface area contributed by atoms with Crippen LogP contribution in [0.3, 0.4) is 0 Å². The molecule has 0 unspecified atom stereocenters. The van der Waals surface area contributed by atoms with Gasteiger partial charge in [0, 0.05) is 19.2 Å². The molecule has 1 aliphatic rings. The van der Waals surface area contributed by atoms with Gasteiger partial charge in [-0.15, -0.1) is 0 Å². The van der Waals surface area contributed by atoms with Crippen molar-refractivity contribution in [3.05, 3.63) is 41.4 Å². The van der Waals surface area contributed by atoms with E-state index in [1.54, 1.807) is 18.2 Å². The minimum Gasteiger partial charge on any atom is -0.497 e. The molecule has 1 heterocycles. The maximum Gasteiger partial charge on any atom is 0.243 e. The van der Waals surface area contributed by atoms with Gasteiger partial charge in [0.05, 0.1) is 42.9 Å². The summed E-state index contributed by atoms with van der Waals surface area (Å²) in [6.45, 7) is 0.405. The number of halogens is 1. The minimum absolute atomic E-state index is 0.0637. The highest BCUT2D eigenvalue weighted by Gasteiger charge is 2.34. The van der Waals surface area contributed by atoms with Crippen molar-refractivity contribution in [1.29, 1.82) is 0 Å². The Hall–Kier alpha value is -2.49. The van der Waals surface area contributed by atoms with E-state index in [-0.39, 0.29) is 22.4 Å². The predicted octanol–water partition coefficient (Wildman–Crippen LogP) is 3.41. The molecule has 31 heavy (non-hydrogen) atoms. The molecule has 2 aromatic carbocycles. The normalized spacial score (nSPS) is 17.1. The average Bonchev–Trinajstić information content (AvgIpc) is 2.78. The molecule has 0 radical (unpaired) electrons. The van der Waals surface area contributed by atoms with Gasteiger partial charge in [-0.05, 0) is 43.2 Å². The van der Waals surface area contributed by atoms with Crippen LogP contribution in [0.2, 0.25) is 5.02 Å². The zero-order chi connectivity index (χ0) is 22.6. The van der Waals surface area contributed by atoms with E-state index in [2.05, 4.69) is 5.32 Å². The van der Waals surface area contributed by atoms with Crippen LogP contribution in [0, 0.1) is 5.92 Å². The molecule has 0 aliphatic carbocycles. The Balaban J connectivity index is 1.77. The molecule has 1 fully saturated rings. The first-order valence-corrected chi connectivity index (χ1v) is 11.5. The van der Waals surface area contributed by atoms with E-state index in [1.807, 2.05) is 0 Å². The number of sulfonamides is 1. The summed E-state index contributed by atoms with van der Waals surface area (Å²) in [4.78, 5) is 13.0. The zero-order valence-corrected chi connectivity index (χ0v) is 19.1. The van der Waals surface area contributed by atoms with Crippen LogP contribution in [0.4, 0.5) is 5.69 Å². The first kappa shape index (κ1) is 23.2. The lowest BCUT2D eigenvalue weighted by atomic mass is 9.98. The number of nitrogens with zero attached hydrogens (tertiary/aromatic N) is 1. The highest BCUT2D eigenvalue weighted by atomic mass is 35.5. The molecule has 1 amide bonds. The Kier molecular flexibility index (Phi) is 7.30. The Morgan fingerprint density at radius 1 is 1.06 bits per heavy atom. The lowest BCUT2D eigenvalue weighted by Crippen LogP contribution is -2.43. The number of hydrogen-bond acceptors (Lipinski definition) is 6. The standard InChI is InChI=1S/C21H25ClN2O6S/c1-28-15-6-8-20(30-3)18(11-15)23-21(25)14-5-4-10-24(13-14)31(26,27)16-7-9-19(29-2)17(22)12-16/h6-9,11-12,14H,4-5,10,13H2,1-3H3,(H,23,25)/t14-/m1/s1. The van der Waals surface area contributed by atoms with Gasteiger partial charge >= 0.3 is 0 Å². The molecule has 0 bridgehead atoms. The van der Waals surface area contributed by atoms with Gasteiger partial charge < -0.3 is 19.5 Å². The summed E-state index contributed by atoms with van der Waals surface area (Å²) >= 11 is 6.10. The summed E-state index contributed by atoms with van der Waals surface area (Å²) in [5.74, 6) is 0.666. The molecule has 0 aromatic heterocycles. The SMILES string of the molecule is COc1ccc(OC)c(NC(=O)[C@@H]2CCCN(S(=O)(=O)c3ccc(OC)c(Cl)c3)C2)c1. The molecule has 1 atom stereocenters. The molecular weight excluding hydrogens is 444 g/mol. The van der Waals surface area contributed by atoms with Gasteiger partial charge in [0.1, 0.15) is 17.2 Å². The van der Waals surface area contributed by atoms with Crippen molar-refractivity contribution >= 4 is 33.2 Å². The fourth-order valence-electron chi connectivity index (χ4n) is 3.48. The van der Waals surface area contributed by atoms with Crippen LogP contribution in [0.1, 0.15) is 12.8 Å². The van der Waals surface area contributed by atoms with Crippen LogP contribution in [-0.2, 0) is 14.8 Å². The van der Waals surface area contributed by atoms with Crippen molar-refractivity contribution in [2.75, 3.05) is 39.7 Å². The Morgan fingerprint density at radius 2 is 1.77 bits per heavy atom. The second-order valence-corrected chi connectivity index (χ2v) is 9.40. The largest absolute Gasteiger partial charge is 0.497 e. The number of carbonyl (C=O) groups is 1. The number of anilines is 1. The minimum atomic E-state index is -3.80. The van der Waals surface area contributed by atoms with Crippen molar-refractivity contribution < 1.29 is 27.4 Å². The van der Waals surface area contributed by atoms with Gasteiger partial charge in [-0.1, -0.05) is 11.6 Å². The molecule has 1 N–H and O–H groups in total. The van der Waals surface area contributed by atoms with Crippen LogP contribution >= 0.6 is 11.6 Å². The number of amides is 1. The maximum absolute atomic E-state index is 13.1. The molecule has 0 saturated carbocycles. The lowest BCUT2D eigenvalue weighted by molar-refractivity contribution is -0.120. The first-order chi connectivity index (χ1) is 14.8. The van der Waals surface area contributed by atoms with Crippen LogP contribution in [0.15, 0.2) is 41.3 Å². The van der Waals surface area contributed by atoms with Crippen molar-refractivity contribution in [1.82, 2.24) is 4.31 Å². The summed E-state index contributed by atoms with van der Waals surface area (Å²) in [6, 6.07) is 9.40. The number of piperidine rings is 1. The molecule has 3 rings (SSSR count). The van der Waals surface area contributed by atoms with Gasteiger partial charge in [0.25, 0.3) is 0 Å². The van der Waals surface area contributed by atoms with Gasteiger partial charge in [0.15, 0.2) is 0 Å². The number of methoxy groups -OCH3 is 3. The third kappa shape index (κ3) is 5.06. The third-order valence-electron chi connectivity index (χ3n) is 5.18. The van der Waals surface area contributed by atoms with Crippen molar-refractivity contribution in [3.8, 4) is 17.2 Å². The Morgan fingerprint density at radius 3 is 2.42 bits per heavy atom. The van der Waals surface area contributed by atoms with E-state index in [4.69, 9.17) is 25.8 Å². The van der Waals surface area contributed by atoms with E-state index in [9.17, 15) is 13.2 Å².